The minimum atomic E-state index is -0.919. The fraction of sp³-hybridized carbons (Fsp3) is 0.158. The number of carbonyl (C=O) groups is 1. The van der Waals surface area contributed by atoms with E-state index in [0.29, 0.717) is 28.2 Å². The maximum atomic E-state index is 11.3. The van der Waals surface area contributed by atoms with Gasteiger partial charge in [0, 0.05) is 24.4 Å². The average Bonchev–Trinajstić information content (AvgIpc) is 3.42. The summed E-state index contributed by atoms with van der Waals surface area (Å²) < 4.78 is 7.90. The Morgan fingerprint density at radius 1 is 1.31 bits per heavy atom. The first-order valence-electron chi connectivity index (χ1n) is 8.64. The fourth-order valence-electron chi connectivity index (χ4n) is 2.97. The van der Waals surface area contributed by atoms with Gasteiger partial charge in [-0.05, 0) is 23.8 Å². The van der Waals surface area contributed by atoms with Crippen molar-refractivity contribution >= 4 is 34.7 Å². The summed E-state index contributed by atoms with van der Waals surface area (Å²) in [4.78, 5) is 20.7. The van der Waals surface area contributed by atoms with Gasteiger partial charge in [0.1, 0.15) is 11.5 Å². The van der Waals surface area contributed by atoms with Gasteiger partial charge in [-0.3, -0.25) is 4.79 Å². The summed E-state index contributed by atoms with van der Waals surface area (Å²) in [5.74, 6) is -0.323. The Balaban J connectivity index is 1.54. The number of carboxylic acid groups (broad SMARTS) is 1. The van der Waals surface area contributed by atoms with E-state index in [4.69, 9.17) is 21.9 Å². The van der Waals surface area contributed by atoms with Gasteiger partial charge in [0.2, 0.25) is 0 Å². The predicted octanol–water partition coefficient (Wildman–Crippen LogP) is 3.89. The van der Waals surface area contributed by atoms with Crippen molar-refractivity contribution in [2.24, 2.45) is 0 Å². The van der Waals surface area contributed by atoms with Crippen LogP contribution in [0, 0.1) is 0 Å². The number of hydrogen-bond acceptors (Lipinski definition) is 7. The van der Waals surface area contributed by atoms with Crippen molar-refractivity contribution in [2.75, 3.05) is 5.73 Å². The molecule has 8 nitrogen and oxygen atoms in total. The first-order valence-corrected chi connectivity index (χ1v) is 9.83. The Labute approximate surface area is 174 Å². The summed E-state index contributed by atoms with van der Waals surface area (Å²) in [6.07, 6.45) is 4.93. The first-order chi connectivity index (χ1) is 14.0. The Kier molecular flexibility index (Phi) is 5.32. The normalized spacial score (nSPS) is 12.2. The second kappa shape index (κ2) is 8.06. The highest BCUT2D eigenvalue weighted by atomic mass is 35.5. The number of rotatable bonds is 7. The lowest BCUT2D eigenvalue weighted by Gasteiger charge is -2.12. The number of nitrogens with two attached hydrogens (primary N) is 1. The van der Waals surface area contributed by atoms with E-state index >= 15 is 0 Å². The minimum absolute atomic E-state index is 0.101. The van der Waals surface area contributed by atoms with Crippen LogP contribution in [0.25, 0.3) is 10.6 Å². The van der Waals surface area contributed by atoms with E-state index in [1.807, 2.05) is 16.7 Å². The average molecular weight is 430 g/mol. The summed E-state index contributed by atoms with van der Waals surface area (Å²) in [5, 5.41) is 13.4. The van der Waals surface area contributed by atoms with Gasteiger partial charge in [0.15, 0.2) is 5.76 Å². The summed E-state index contributed by atoms with van der Waals surface area (Å²) in [5.41, 5.74) is 7.73. The number of thiophene rings is 1. The van der Waals surface area contributed by atoms with E-state index in [-0.39, 0.29) is 6.42 Å². The maximum Gasteiger partial charge on any atom is 0.304 e. The van der Waals surface area contributed by atoms with Gasteiger partial charge in [-0.15, -0.1) is 11.3 Å². The molecule has 0 radical (unpaired) electrons. The Morgan fingerprint density at radius 3 is 2.86 bits per heavy atom. The third-order valence-electron chi connectivity index (χ3n) is 4.32. The number of anilines is 1. The molecule has 4 heterocycles. The van der Waals surface area contributed by atoms with Gasteiger partial charge in [-0.2, -0.15) is 0 Å². The van der Waals surface area contributed by atoms with E-state index in [9.17, 15) is 9.90 Å². The Bertz CT molecular complexity index is 1130. The van der Waals surface area contributed by atoms with Gasteiger partial charge < -0.3 is 19.9 Å². The second-order valence-electron chi connectivity index (χ2n) is 6.42. The van der Waals surface area contributed by atoms with Crippen LogP contribution in [0.15, 0.2) is 53.6 Å². The molecule has 0 saturated heterocycles. The van der Waals surface area contributed by atoms with Gasteiger partial charge in [-0.1, -0.05) is 22.8 Å². The van der Waals surface area contributed by atoms with Crippen LogP contribution in [0.5, 0.6) is 0 Å². The highest BCUT2D eigenvalue weighted by Crippen LogP contribution is 2.31. The lowest BCUT2D eigenvalue weighted by Crippen LogP contribution is -2.09. The number of aromatic nitrogens is 4. The van der Waals surface area contributed by atoms with Crippen molar-refractivity contribution in [3.05, 3.63) is 70.3 Å². The summed E-state index contributed by atoms with van der Waals surface area (Å²) in [6, 6.07) is 8.95. The second-order valence-corrected chi connectivity index (χ2v) is 8.14. The van der Waals surface area contributed by atoms with Crippen LogP contribution >= 0.6 is 22.9 Å². The van der Waals surface area contributed by atoms with Crippen molar-refractivity contribution in [2.45, 2.75) is 18.9 Å². The molecule has 0 aliphatic carbocycles. The molecular weight excluding hydrogens is 414 g/mol. The molecule has 0 aliphatic rings. The smallest absolute Gasteiger partial charge is 0.304 e. The number of nitrogen functional groups attached to an aromatic ring is 1. The molecule has 0 aliphatic heterocycles. The van der Waals surface area contributed by atoms with E-state index in [1.54, 1.807) is 36.9 Å². The fourth-order valence-corrected chi connectivity index (χ4v) is 3.96. The SMILES string of the molecule is Nc1ccc(C(CC(=O)O)c2cn(Cc3cc(-c4ccc(Cl)s4)on3)cn2)cn1. The van der Waals surface area contributed by atoms with Crippen LogP contribution in [0.1, 0.15) is 29.3 Å². The van der Waals surface area contributed by atoms with E-state index in [0.717, 1.165) is 16.1 Å². The highest BCUT2D eigenvalue weighted by Gasteiger charge is 2.21. The minimum Gasteiger partial charge on any atom is -0.481 e. The number of nitrogens with zero attached hydrogens (tertiary/aromatic N) is 4. The van der Waals surface area contributed by atoms with Gasteiger partial charge >= 0.3 is 5.97 Å². The van der Waals surface area contributed by atoms with E-state index in [2.05, 4.69) is 15.1 Å². The Morgan fingerprint density at radius 2 is 2.17 bits per heavy atom. The number of imidazole rings is 1. The highest BCUT2D eigenvalue weighted by molar-refractivity contribution is 7.19. The molecule has 0 amide bonds. The van der Waals surface area contributed by atoms with Gasteiger partial charge in [0.25, 0.3) is 0 Å². The molecule has 10 heteroatoms. The molecule has 4 rings (SSSR count). The number of aliphatic carboxylic acids is 1. The maximum absolute atomic E-state index is 11.3. The van der Waals surface area contributed by atoms with Crippen molar-refractivity contribution in [1.29, 1.82) is 0 Å². The van der Waals surface area contributed by atoms with Gasteiger partial charge in [-0.25, -0.2) is 9.97 Å². The molecule has 4 aromatic rings. The number of pyridine rings is 1. The molecule has 0 fully saturated rings. The van der Waals surface area contributed by atoms with Gasteiger partial charge in [0.05, 0.1) is 34.2 Å². The molecule has 1 unspecified atom stereocenters. The quantitative estimate of drug-likeness (QED) is 0.457. The first kappa shape index (κ1) is 19.2. The Hall–Kier alpha value is -3.17. The lowest BCUT2D eigenvalue weighted by atomic mass is 9.94. The molecule has 1 atom stereocenters. The van der Waals surface area contributed by atoms with E-state index in [1.165, 1.54) is 11.3 Å². The van der Waals surface area contributed by atoms with Crippen LogP contribution in [0.2, 0.25) is 4.34 Å². The zero-order valence-electron chi connectivity index (χ0n) is 15.0. The topological polar surface area (TPSA) is 120 Å². The zero-order valence-corrected chi connectivity index (χ0v) is 16.6. The van der Waals surface area contributed by atoms with Crippen molar-refractivity contribution in [3.63, 3.8) is 0 Å². The third-order valence-corrected chi connectivity index (χ3v) is 5.57. The lowest BCUT2D eigenvalue weighted by molar-refractivity contribution is -0.137. The predicted molar refractivity (Wildman–Crippen MR) is 109 cm³/mol. The number of hydrogen-bond donors (Lipinski definition) is 2. The van der Waals surface area contributed by atoms with Crippen molar-refractivity contribution < 1.29 is 14.4 Å². The van der Waals surface area contributed by atoms with Crippen LogP contribution < -0.4 is 5.73 Å². The van der Waals surface area contributed by atoms with Crippen molar-refractivity contribution in [3.8, 4) is 10.6 Å². The molecule has 0 saturated carbocycles. The molecule has 3 N–H and O–H groups in total. The molecule has 0 bridgehead atoms. The van der Waals surface area contributed by atoms with Crippen LogP contribution in [-0.4, -0.2) is 30.8 Å². The standard InChI is InChI=1S/C19H16ClN5O3S/c20-17-3-2-16(29-17)15-5-12(24-28-15)8-25-9-14(23-10-25)13(6-19(26)27)11-1-4-18(21)22-7-11/h1-5,7,9-10,13H,6,8H2,(H2,21,22)(H,26,27). The number of halogens is 1. The van der Waals surface area contributed by atoms with E-state index < -0.39 is 11.9 Å². The van der Waals surface area contributed by atoms with Crippen LogP contribution in [0.3, 0.4) is 0 Å². The number of carboxylic acids is 1. The van der Waals surface area contributed by atoms with Crippen LogP contribution in [-0.2, 0) is 11.3 Å². The molecule has 29 heavy (non-hydrogen) atoms. The third kappa shape index (κ3) is 4.47. The van der Waals surface area contributed by atoms with Crippen LogP contribution in [0.4, 0.5) is 5.82 Å². The molecule has 148 valence electrons. The molecule has 0 spiro atoms. The molecular formula is C19H16ClN5O3S. The summed E-state index contributed by atoms with van der Waals surface area (Å²) >= 11 is 7.38. The zero-order chi connectivity index (χ0) is 20.4. The summed E-state index contributed by atoms with van der Waals surface area (Å²) in [7, 11) is 0. The molecule has 4 aromatic heterocycles. The van der Waals surface area contributed by atoms with Crippen molar-refractivity contribution in [1.82, 2.24) is 19.7 Å². The monoisotopic (exact) mass is 429 g/mol. The molecule has 0 aromatic carbocycles. The summed E-state index contributed by atoms with van der Waals surface area (Å²) in [6.45, 7) is 0.440. The largest absolute Gasteiger partial charge is 0.481 e.